The molecule has 1 saturated heterocycles. The number of halogens is 3. The number of unbranched alkanes of at least 4 members (excludes halogenated alkanes) is 1. The second-order valence-electron chi connectivity index (χ2n) is 11.1. The number of hydrogen-bond donors (Lipinski definition) is 1. The molecule has 1 fully saturated rings. The van der Waals surface area contributed by atoms with Crippen LogP contribution in [0.5, 0.6) is 0 Å². The molecular weight excluding hydrogens is 577 g/mol. The van der Waals surface area contributed by atoms with E-state index in [1.807, 2.05) is 25.1 Å². The van der Waals surface area contributed by atoms with E-state index in [1.165, 1.54) is 16.4 Å². The Morgan fingerprint density at radius 3 is 2.53 bits per heavy atom. The predicted molar refractivity (Wildman–Crippen MR) is 159 cm³/mol. The molecule has 0 spiro atoms. The molecular formula is C33H33F3N2O4S. The number of nitrogens with zero attached hydrogens (tertiary/aromatic N) is 2. The standard InChI is InChI=1S/C33H33F3N2O4S/c1-2-3-8-30(32(39)40)27-18-25(22-10-12-28(13-11-22)33(34,35)36)17-26(19-27)24-7-5-16-38(21-24)43(41,42)31-9-4-6-23-20-37-15-14-29(23)31/h4,6,9-15,17-20,24,30H,2-3,5,7-8,16,21H2,1H3,(H,39,40). The Kier molecular flexibility index (Phi) is 8.89. The first-order valence-corrected chi connectivity index (χ1v) is 15.8. The summed E-state index contributed by atoms with van der Waals surface area (Å²) in [6.07, 6.45) is 1.94. The van der Waals surface area contributed by atoms with Gasteiger partial charge in [-0.05, 0) is 71.7 Å². The van der Waals surface area contributed by atoms with E-state index in [4.69, 9.17) is 0 Å². The number of aliphatic carboxylic acids is 1. The van der Waals surface area contributed by atoms with Crippen molar-refractivity contribution in [1.29, 1.82) is 0 Å². The largest absolute Gasteiger partial charge is 0.481 e. The highest BCUT2D eigenvalue weighted by atomic mass is 32.2. The molecule has 1 aliphatic heterocycles. The van der Waals surface area contributed by atoms with Gasteiger partial charge in [0.1, 0.15) is 0 Å². The van der Waals surface area contributed by atoms with E-state index in [1.54, 1.807) is 36.7 Å². The maximum atomic E-state index is 13.9. The van der Waals surface area contributed by atoms with Gasteiger partial charge in [-0.25, -0.2) is 8.42 Å². The summed E-state index contributed by atoms with van der Waals surface area (Å²) in [6.45, 7) is 2.53. The fourth-order valence-electron chi connectivity index (χ4n) is 5.86. The molecule has 1 aromatic heterocycles. The number of rotatable bonds is 9. The van der Waals surface area contributed by atoms with Gasteiger partial charge in [0.2, 0.25) is 10.0 Å². The van der Waals surface area contributed by atoms with Crippen LogP contribution in [0.4, 0.5) is 13.2 Å². The van der Waals surface area contributed by atoms with Gasteiger partial charge in [0.25, 0.3) is 0 Å². The van der Waals surface area contributed by atoms with Gasteiger partial charge in [-0.15, -0.1) is 0 Å². The molecule has 2 heterocycles. The Morgan fingerprint density at radius 2 is 1.84 bits per heavy atom. The van der Waals surface area contributed by atoms with Crippen LogP contribution in [-0.2, 0) is 21.0 Å². The summed E-state index contributed by atoms with van der Waals surface area (Å²) in [5.41, 5.74) is 1.70. The van der Waals surface area contributed by atoms with Crippen LogP contribution in [0.1, 0.15) is 67.6 Å². The van der Waals surface area contributed by atoms with E-state index in [2.05, 4.69) is 4.98 Å². The minimum absolute atomic E-state index is 0.201. The monoisotopic (exact) mass is 610 g/mol. The molecule has 43 heavy (non-hydrogen) atoms. The molecule has 3 aromatic carbocycles. The molecule has 2 atom stereocenters. The molecule has 10 heteroatoms. The van der Waals surface area contributed by atoms with Gasteiger partial charge in [0.15, 0.2) is 0 Å². The minimum Gasteiger partial charge on any atom is -0.481 e. The molecule has 6 nitrogen and oxygen atoms in total. The minimum atomic E-state index is -4.47. The lowest BCUT2D eigenvalue weighted by molar-refractivity contribution is -0.139. The number of piperidine rings is 1. The highest BCUT2D eigenvalue weighted by Gasteiger charge is 2.33. The van der Waals surface area contributed by atoms with Crippen molar-refractivity contribution >= 4 is 26.8 Å². The zero-order chi connectivity index (χ0) is 30.8. The zero-order valence-corrected chi connectivity index (χ0v) is 24.5. The number of sulfonamides is 1. The van der Waals surface area contributed by atoms with Crippen molar-refractivity contribution in [1.82, 2.24) is 9.29 Å². The molecule has 0 bridgehead atoms. The molecule has 4 aromatic rings. The van der Waals surface area contributed by atoms with Crippen molar-refractivity contribution in [3.05, 3.63) is 95.8 Å². The van der Waals surface area contributed by atoms with E-state index < -0.39 is 33.7 Å². The third-order valence-electron chi connectivity index (χ3n) is 8.18. The average Bonchev–Trinajstić information content (AvgIpc) is 3.00. The van der Waals surface area contributed by atoms with Gasteiger partial charge in [0.05, 0.1) is 16.4 Å². The fraction of sp³-hybridized carbons (Fsp3) is 0.333. The molecule has 1 N–H and O–H groups in total. The molecule has 0 saturated carbocycles. The number of pyridine rings is 1. The lowest BCUT2D eigenvalue weighted by Crippen LogP contribution is -2.39. The summed E-state index contributed by atoms with van der Waals surface area (Å²) >= 11 is 0. The molecule has 0 amide bonds. The van der Waals surface area contributed by atoms with Gasteiger partial charge in [-0.3, -0.25) is 9.78 Å². The summed E-state index contributed by atoms with van der Waals surface area (Å²) in [5.74, 6) is -1.99. The summed E-state index contributed by atoms with van der Waals surface area (Å²) < 4.78 is 69.0. The lowest BCUT2D eigenvalue weighted by atomic mass is 9.84. The first-order valence-electron chi connectivity index (χ1n) is 14.4. The quantitative estimate of drug-likeness (QED) is 0.209. The molecule has 2 unspecified atom stereocenters. The molecule has 0 radical (unpaired) electrons. The van der Waals surface area contributed by atoms with Crippen molar-refractivity contribution < 1.29 is 31.5 Å². The summed E-state index contributed by atoms with van der Waals surface area (Å²) in [7, 11) is -3.86. The number of hydrogen-bond acceptors (Lipinski definition) is 4. The van der Waals surface area contributed by atoms with Crippen molar-refractivity contribution in [3.8, 4) is 11.1 Å². The lowest BCUT2D eigenvalue weighted by Gasteiger charge is -2.33. The molecule has 1 aliphatic rings. The van der Waals surface area contributed by atoms with E-state index in [9.17, 15) is 31.5 Å². The molecule has 5 rings (SSSR count). The number of aromatic nitrogens is 1. The Labute approximate surface area is 249 Å². The Morgan fingerprint density at radius 1 is 1.07 bits per heavy atom. The zero-order valence-electron chi connectivity index (χ0n) is 23.7. The summed E-state index contributed by atoms with van der Waals surface area (Å²) in [5, 5.41) is 11.4. The third-order valence-corrected chi connectivity index (χ3v) is 10.1. The topological polar surface area (TPSA) is 87.6 Å². The predicted octanol–water partition coefficient (Wildman–Crippen LogP) is 7.85. The van der Waals surface area contributed by atoms with Crippen LogP contribution >= 0.6 is 0 Å². The van der Waals surface area contributed by atoms with Crippen molar-refractivity contribution in [2.24, 2.45) is 0 Å². The van der Waals surface area contributed by atoms with E-state index in [-0.39, 0.29) is 17.4 Å². The molecule has 226 valence electrons. The fourth-order valence-corrected chi connectivity index (χ4v) is 7.60. The SMILES string of the molecule is CCCCC(C(=O)O)c1cc(-c2ccc(C(F)(F)F)cc2)cc(C2CCCN(S(=O)(=O)c3cccc4cnccc34)C2)c1. The maximum Gasteiger partial charge on any atom is 0.416 e. The van der Waals surface area contributed by atoms with Crippen LogP contribution in [0.15, 0.2) is 84.0 Å². The van der Waals surface area contributed by atoms with E-state index >= 15 is 0 Å². The van der Waals surface area contributed by atoms with Gasteiger partial charge in [-0.2, -0.15) is 17.5 Å². The number of carboxylic acids is 1. The van der Waals surface area contributed by atoms with Crippen molar-refractivity contribution in [2.45, 2.75) is 61.9 Å². The van der Waals surface area contributed by atoms with E-state index in [0.29, 0.717) is 54.3 Å². The first kappa shape index (κ1) is 30.7. The maximum absolute atomic E-state index is 13.9. The van der Waals surface area contributed by atoms with E-state index in [0.717, 1.165) is 29.5 Å². The van der Waals surface area contributed by atoms with Crippen LogP contribution in [0.2, 0.25) is 0 Å². The third kappa shape index (κ3) is 6.60. The van der Waals surface area contributed by atoms with Gasteiger partial charge < -0.3 is 5.11 Å². The second kappa shape index (κ2) is 12.5. The van der Waals surface area contributed by atoms with Gasteiger partial charge in [-0.1, -0.05) is 62.2 Å². The van der Waals surface area contributed by atoms with Crippen LogP contribution in [0.25, 0.3) is 21.9 Å². The smallest absolute Gasteiger partial charge is 0.416 e. The number of alkyl halides is 3. The van der Waals surface area contributed by atoms with Crippen molar-refractivity contribution in [3.63, 3.8) is 0 Å². The van der Waals surface area contributed by atoms with Gasteiger partial charge >= 0.3 is 12.1 Å². The highest BCUT2D eigenvalue weighted by Crippen LogP contribution is 2.38. The Balaban J connectivity index is 1.54. The summed E-state index contributed by atoms with van der Waals surface area (Å²) in [6, 6.07) is 17.0. The molecule has 0 aliphatic carbocycles. The number of carboxylic acid groups (broad SMARTS) is 1. The number of fused-ring (bicyclic) bond motifs is 1. The number of carbonyl (C=O) groups is 1. The van der Waals surface area contributed by atoms with Crippen LogP contribution < -0.4 is 0 Å². The van der Waals surface area contributed by atoms with Crippen LogP contribution in [0.3, 0.4) is 0 Å². The van der Waals surface area contributed by atoms with Crippen LogP contribution in [-0.4, -0.2) is 41.9 Å². The first-order chi connectivity index (χ1) is 20.5. The summed E-state index contributed by atoms with van der Waals surface area (Å²) in [4.78, 5) is 16.6. The highest BCUT2D eigenvalue weighted by molar-refractivity contribution is 7.89. The van der Waals surface area contributed by atoms with Crippen LogP contribution in [0, 0.1) is 0 Å². The number of benzene rings is 3. The second-order valence-corrected chi connectivity index (χ2v) is 13.0. The Bertz CT molecular complexity index is 1720. The Hall–Kier alpha value is -3.76. The van der Waals surface area contributed by atoms with Gasteiger partial charge in [0, 0.05) is 36.3 Å². The normalized spacial score (nSPS) is 17.2. The average molecular weight is 611 g/mol. The van der Waals surface area contributed by atoms with Crippen molar-refractivity contribution in [2.75, 3.05) is 13.1 Å².